The highest BCUT2D eigenvalue weighted by atomic mass is 35.5. The third-order valence-electron chi connectivity index (χ3n) is 4.23. The number of anilines is 4. The normalized spacial score (nSPS) is 10.4. The third kappa shape index (κ3) is 4.15. The quantitative estimate of drug-likeness (QED) is 0.493. The van der Waals surface area contributed by atoms with Crippen molar-refractivity contribution >= 4 is 46.2 Å². The minimum Gasteiger partial charge on any atom is -0.399 e. The van der Waals surface area contributed by atoms with Crippen LogP contribution in [0.3, 0.4) is 0 Å². The number of nitrogens with two attached hydrogens (primary N) is 1. The van der Waals surface area contributed by atoms with Gasteiger partial charge in [0.25, 0.3) is 0 Å². The zero-order chi connectivity index (χ0) is 20.3. The van der Waals surface area contributed by atoms with Crippen molar-refractivity contribution < 1.29 is 9.59 Å². The Bertz CT molecular complexity index is 995. The molecule has 0 aliphatic heterocycles. The second-order valence-corrected chi connectivity index (χ2v) is 6.87. The largest absolute Gasteiger partial charge is 0.399 e. The maximum atomic E-state index is 13.1. The van der Waals surface area contributed by atoms with E-state index in [4.69, 9.17) is 17.3 Å². The maximum Gasteiger partial charge on any atom is 0.321 e. The van der Waals surface area contributed by atoms with E-state index in [1.807, 2.05) is 26.0 Å². The van der Waals surface area contributed by atoms with Gasteiger partial charge in [-0.1, -0.05) is 35.9 Å². The molecule has 3 N–H and O–H groups in total. The van der Waals surface area contributed by atoms with Crippen molar-refractivity contribution in [2.24, 2.45) is 0 Å². The van der Waals surface area contributed by atoms with E-state index in [-0.39, 0.29) is 0 Å². The van der Waals surface area contributed by atoms with Gasteiger partial charge in [0, 0.05) is 17.1 Å². The van der Waals surface area contributed by atoms with Crippen LogP contribution in [0, 0.1) is 13.8 Å². The molecular formula is C22H20ClN3O2. The van der Waals surface area contributed by atoms with Crippen molar-refractivity contribution in [3.05, 3.63) is 82.9 Å². The summed E-state index contributed by atoms with van der Waals surface area (Å²) in [4.78, 5) is 27.2. The molecule has 3 aromatic rings. The molecule has 0 saturated carbocycles. The van der Waals surface area contributed by atoms with Crippen LogP contribution in [-0.2, 0) is 9.59 Å². The number of carbonyl (C=O) groups excluding carboxylic acids is 2. The summed E-state index contributed by atoms with van der Waals surface area (Å²) in [5.41, 5.74) is 9.60. The van der Waals surface area contributed by atoms with Crippen molar-refractivity contribution in [2.45, 2.75) is 13.8 Å². The van der Waals surface area contributed by atoms with Gasteiger partial charge in [-0.15, -0.1) is 0 Å². The fourth-order valence-electron chi connectivity index (χ4n) is 2.93. The van der Waals surface area contributed by atoms with Gasteiger partial charge in [-0.05, 0) is 67.4 Å². The van der Waals surface area contributed by atoms with Gasteiger partial charge in [-0.25, -0.2) is 0 Å². The van der Waals surface area contributed by atoms with Crippen LogP contribution in [0.25, 0.3) is 0 Å². The van der Waals surface area contributed by atoms with Crippen LogP contribution in [0.15, 0.2) is 66.7 Å². The number of halogens is 1. The van der Waals surface area contributed by atoms with E-state index >= 15 is 0 Å². The Morgan fingerprint density at radius 3 is 2.14 bits per heavy atom. The first-order valence-electron chi connectivity index (χ1n) is 8.69. The summed E-state index contributed by atoms with van der Waals surface area (Å²) in [6, 6.07) is 19.3. The molecule has 0 atom stereocenters. The summed E-state index contributed by atoms with van der Waals surface area (Å²) in [6.45, 7) is 3.74. The van der Waals surface area contributed by atoms with E-state index < -0.39 is 11.8 Å². The minimum absolute atomic E-state index is 0.386. The molecule has 0 aliphatic rings. The van der Waals surface area contributed by atoms with Gasteiger partial charge in [-0.2, -0.15) is 0 Å². The number of rotatable bonds is 3. The van der Waals surface area contributed by atoms with E-state index in [0.717, 1.165) is 11.1 Å². The lowest BCUT2D eigenvalue weighted by atomic mass is 10.1. The lowest BCUT2D eigenvalue weighted by Crippen LogP contribution is -2.37. The lowest BCUT2D eigenvalue weighted by Gasteiger charge is -2.23. The first-order valence-corrected chi connectivity index (χ1v) is 9.07. The number of para-hydroxylation sites is 1. The fraction of sp³-hybridized carbons (Fsp3) is 0.0909. The van der Waals surface area contributed by atoms with Gasteiger partial charge in [0.05, 0.1) is 10.7 Å². The second-order valence-electron chi connectivity index (χ2n) is 6.46. The van der Waals surface area contributed by atoms with Crippen LogP contribution >= 0.6 is 11.6 Å². The van der Waals surface area contributed by atoms with Crippen molar-refractivity contribution in [3.63, 3.8) is 0 Å². The molecule has 0 radical (unpaired) electrons. The van der Waals surface area contributed by atoms with Gasteiger partial charge >= 0.3 is 11.8 Å². The van der Waals surface area contributed by atoms with E-state index in [0.29, 0.717) is 27.8 Å². The number of nitrogen functional groups attached to an aromatic ring is 1. The summed E-state index contributed by atoms with van der Waals surface area (Å²) in [6.07, 6.45) is 0. The zero-order valence-electron chi connectivity index (χ0n) is 15.6. The molecule has 0 heterocycles. The Morgan fingerprint density at radius 1 is 0.929 bits per heavy atom. The molecule has 0 aliphatic carbocycles. The zero-order valence-corrected chi connectivity index (χ0v) is 16.3. The number of nitrogens with zero attached hydrogens (tertiary/aromatic N) is 1. The van der Waals surface area contributed by atoms with Crippen LogP contribution in [0.4, 0.5) is 22.7 Å². The van der Waals surface area contributed by atoms with E-state index in [9.17, 15) is 9.59 Å². The second kappa shape index (κ2) is 8.15. The van der Waals surface area contributed by atoms with Crippen LogP contribution in [0.5, 0.6) is 0 Å². The van der Waals surface area contributed by atoms with E-state index in [2.05, 4.69) is 5.32 Å². The lowest BCUT2D eigenvalue weighted by molar-refractivity contribution is -0.134. The van der Waals surface area contributed by atoms with Crippen molar-refractivity contribution in [1.29, 1.82) is 0 Å². The molecular weight excluding hydrogens is 374 g/mol. The smallest absolute Gasteiger partial charge is 0.321 e. The first kappa shape index (κ1) is 19.5. The number of hydrogen-bond acceptors (Lipinski definition) is 3. The average Bonchev–Trinajstić information content (AvgIpc) is 2.67. The fourth-order valence-corrected chi connectivity index (χ4v) is 3.30. The molecule has 28 heavy (non-hydrogen) atoms. The molecule has 0 aromatic heterocycles. The number of nitrogens with one attached hydrogen (secondary N) is 1. The molecule has 6 heteroatoms. The van der Waals surface area contributed by atoms with Crippen molar-refractivity contribution in [3.8, 4) is 0 Å². The Kier molecular flexibility index (Phi) is 5.66. The Morgan fingerprint density at radius 2 is 1.54 bits per heavy atom. The van der Waals surface area contributed by atoms with Crippen LogP contribution < -0.4 is 16.0 Å². The highest BCUT2D eigenvalue weighted by Crippen LogP contribution is 2.29. The molecule has 0 bridgehead atoms. The monoisotopic (exact) mass is 393 g/mol. The molecule has 0 unspecified atom stereocenters. The van der Waals surface area contributed by atoms with Gasteiger partial charge in [0.15, 0.2) is 0 Å². The number of carbonyl (C=O) groups is 2. The summed E-state index contributed by atoms with van der Waals surface area (Å²) >= 11 is 6.26. The highest BCUT2D eigenvalue weighted by molar-refractivity contribution is 6.46. The number of aryl methyl sites for hydroxylation is 2. The number of hydrogen-bond donors (Lipinski definition) is 2. The Hall–Kier alpha value is -3.31. The van der Waals surface area contributed by atoms with E-state index in [1.54, 1.807) is 54.6 Å². The molecule has 0 saturated heterocycles. The maximum absolute atomic E-state index is 13.1. The minimum atomic E-state index is -0.783. The molecule has 142 valence electrons. The molecule has 2 amide bonds. The van der Waals surface area contributed by atoms with Crippen LogP contribution in [0.2, 0.25) is 5.02 Å². The van der Waals surface area contributed by atoms with Gasteiger partial charge in [0.2, 0.25) is 0 Å². The standard InChI is InChI=1S/C22H20ClN3O2/c1-14-12-15(2)20(19(23)13-14)25-21(27)22(28)26(17-6-4-3-5-7-17)18-10-8-16(24)9-11-18/h3-13H,24H2,1-2H3,(H,25,27). The number of amides is 2. The Balaban J connectivity index is 1.95. The van der Waals surface area contributed by atoms with E-state index in [1.165, 1.54) is 4.90 Å². The third-order valence-corrected chi connectivity index (χ3v) is 4.53. The predicted molar refractivity (Wildman–Crippen MR) is 114 cm³/mol. The summed E-state index contributed by atoms with van der Waals surface area (Å²) in [5.74, 6) is -1.51. The average molecular weight is 394 g/mol. The van der Waals surface area contributed by atoms with Crippen LogP contribution in [0.1, 0.15) is 11.1 Å². The predicted octanol–water partition coefficient (Wildman–Crippen LogP) is 4.84. The highest BCUT2D eigenvalue weighted by Gasteiger charge is 2.26. The van der Waals surface area contributed by atoms with Crippen molar-refractivity contribution in [1.82, 2.24) is 0 Å². The first-order chi connectivity index (χ1) is 13.4. The number of benzene rings is 3. The molecule has 5 nitrogen and oxygen atoms in total. The van der Waals surface area contributed by atoms with Gasteiger partial charge < -0.3 is 11.1 Å². The molecule has 3 rings (SSSR count). The Labute approximate surface area is 168 Å². The SMILES string of the molecule is Cc1cc(C)c(NC(=O)C(=O)N(c2ccccc2)c2ccc(N)cc2)c(Cl)c1. The summed E-state index contributed by atoms with van der Waals surface area (Å²) < 4.78 is 0. The van der Waals surface area contributed by atoms with Gasteiger partial charge in [0.1, 0.15) is 0 Å². The molecule has 0 spiro atoms. The topological polar surface area (TPSA) is 75.4 Å². The molecule has 0 fully saturated rings. The van der Waals surface area contributed by atoms with Crippen molar-refractivity contribution in [2.75, 3.05) is 16.0 Å². The summed E-state index contributed by atoms with van der Waals surface area (Å²) in [5, 5.41) is 3.04. The summed E-state index contributed by atoms with van der Waals surface area (Å²) in [7, 11) is 0. The molecule has 3 aromatic carbocycles. The van der Waals surface area contributed by atoms with Gasteiger partial charge in [-0.3, -0.25) is 14.5 Å². The van der Waals surface area contributed by atoms with Crippen LogP contribution in [-0.4, -0.2) is 11.8 Å².